The quantitative estimate of drug-likeness (QED) is 0.847. The van der Waals surface area contributed by atoms with E-state index >= 15 is 0 Å². The topological polar surface area (TPSA) is 97.8 Å². The molecule has 0 atom stereocenters. The summed E-state index contributed by atoms with van der Waals surface area (Å²) in [6, 6.07) is 7.63. The van der Waals surface area contributed by atoms with Crippen molar-refractivity contribution in [3.63, 3.8) is 0 Å². The zero-order valence-corrected chi connectivity index (χ0v) is 12.7. The van der Waals surface area contributed by atoms with Gasteiger partial charge in [-0.05, 0) is 29.8 Å². The summed E-state index contributed by atoms with van der Waals surface area (Å²) in [6.45, 7) is 0.238. The summed E-state index contributed by atoms with van der Waals surface area (Å²) in [5.41, 5.74) is 1.22. The highest BCUT2D eigenvalue weighted by Gasteiger charge is 2.12. The van der Waals surface area contributed by atoms with Gasteiger partial charge >= 0.3 is 5.97 Å². The molecule has 7 heteroatoms. The number of benzene rings is 1. The number of carbonyl (C=O) groups excluding carboxylic acids is 1. The van der Waals surface area contributed by atoms with Gasteiger partial charge in [-0.3, -0.25) is 9.78 Å². The third kappa shape index (κ3) is 4.27. The molecule has 2 N–H and O–H groups in total. The zero-order chi connectivity index (χ0) is 16.8. The Kier molecular flexibility index (Phi) is 5.27. The first-order chi connectivity index (χ1) is 11.0. The average molecular weight is 316 g/mol. The average Bonchev–Trinajstić information content (AvgIpc) is 2.55. The maximum Gasteiger partial charge on any atom is 0.335 e. The SMILES string of the molecule is COCc1cc(NC(=O)c2cc(OC)ccn2)cc(C(=O)O)c1. The van der Waals surface area contributed by atoms with Crippen molar-refractivity contribution in [2.24, 2.45) is 0 Å². The van der Waals surface area contributed by atoms with Gasteiger partial charge in [0, 0.05) is 25.1 Å². The summed E-state index contributed by atoms with van der Waals surface area (Å²) in [5, 5.41) is 11.8. The molecule has 0 aliphatic heterocycles. The fourth-order valence-electron chi connectivity index (χ4n) is 2.00. The number of aromatic carboxylic acids is 1. The Morgan fingerprint density at radius 3 is 2.65 bits per heavy atom. The number of carbonyl (C=O) groups is 2. The number of pyridine rings is 1. The van der Waals surface area contributed by atoms with E-state index in [4.69, 9.17) is 14.6 Å². The third-order valence-corrected chi connectivity index (χ3v) is 3.01. The molecule has 23 heavy (non-hydrogen) atoms. The molecule has 0 bridgehead atoms. The number of nitrogens with zero attached hydrogens (tertiary/aromatic N) is 1. The number of hydrogen-bond acceptors (Lipinski definition) is 5. The number of amides is 1. The van der Waals surface area contributed by atoms with Crippen molar-refractivity contribution in [2.45, 2.75) is 6.61 Å². The molecule has 2 aromatic rings. The van der Waals surface area contributed by atoms with E-state index < -0.39 is 11.9 Å². The molecule has 1 amide bonds. The number of rotatable bonds is 6. The van der Waals surface area contributed by atoms with Crippen LogP contribution in [0.2, 0.25) is 0 Å². The van der Waals surface area contributed by atoms with Crippen molar-refractivity contribution in [3.8, 4) is 5.75 Å². The molecule has 0 aliphatic rings. The molecular weight excluding hydrogens is 300 g/mol. The summed E-state index contributed by atoms with van der Waals surface area (Å²) in [4.78, 5) is 27.4. The molecular formula is C16H16N2O5. The predicted molar refractivity (Wildman–Crippen MR) is 82.9 cm³/mol. The minimum atomic E-state index is -1.09. The highest BCUT2D eigenvalue weighted by Crippen LogP contribution is 2.18. The molecule has 0 saturated carbocycles. The van der Waals surface area contributed by atoms with Crippen molar-refractivity contribution in [1.29, 1.82) is 0 Å². The first-order valence-corrected chi connectivity index (χ1v) is 6.71. The van der Waals surface area contributed by atoms with E-state index in [0.717, 1.165) is 0 Å². The molecule has 120 valence electrons. The van der Waals surface area contributed by atoms with E-state index in [0.29, 0.717) is 17.0 Å². The number of methoxy groups -OCH3 is 2. The first-order valence-electron chi connectivity index (χ1n) is 6.71. The first kappa shape index (κ1) is 16.4. The Morgan fingerprint density at radius 1 is 1.22 bits per heavy atom. The molecule has 7 nitrogen and oxygen atoms in total. The second-order valence-electron chi connectivity index (χ2n) is 4.69. The Morgan fingerprint density at radius 2 is 2.00 bits per heavy atom. The highest BCUT2D eigenvalue weighted by molar-refractivity contribution is 6.03. The Balaban J connectivity index is 2.27. The van der Waals surface area contributed by atoms with E-state index in [1.165, 1.54) is 38.6 Å². The molecule has 0 saturated heterocycles. The van der Waals surface area contributed by atoms with Crippen LogP contribution in [0.15, 0.2) is 36.5 Å². The van der Waals surface area contributed by atoms with Crippen molar-refractivity contribution >= 4 is 17.6 Å². The smallest absolute Gasteiger partial charge is 0.335 e. The molecule has 2 rings (SSSR count). The van der Waals surface area contributed by atoms with Gasteiger partial charge in [0.05, 0.1) is 19.3 Å². The highest BCUT2D eigenvalue weighted by atomic mass is 16.5. The monoisotopic (exact) mass is 316 g/mol. The van der Waals surface area contributed by atoms with Crippen LogP contribution >= 0.6 is 0 Å². The van der Waals surface area contributed by atoms with Crippen molar-refractivity contribution < 1.29 is 24.2 Å². The van der Waals surface area contributed by atoms with E-state index in [1.807, 2.05) is 0 Å². The van der Waals surface area contributed by atoms with Crippen LogP contribution in [0, 0.1) is 0 Å². The fourth-order valence-corrected chi connectivity index (χ4v) is 2.00. The minimum absolute atomic E-state index is 0.0634. The van der Waals surface area contributed by atoms with Crippen LogP contribution < -0.4 is 10.1 Å². The van der Waals surface area contributed by atoms with E-state index in [-0.39, 0.29) is 17.9 Å². The molecule has 1 aromatic heterocycles. The van der Waals surface area contributed by atoms with Gasteiger partial charge in [-0.25, -0.2) is 4.79 Å². The lowest BCUT2D eigenvalue weighted by Crippen LogP contribution is -2.14. The standard InChI is InChI=1S/C16H16N2O5/c1-22-9-10-5-11(16(20)21)7-12(6-10)18-15(19)14-8-13(23-2)3-4-17-14/h3-8H,9H2,1-2H3,(H,18,19)(H,20,21). The summed E-state index contributed by atoms with van der Waals surface area (Å²) >= 11 is 0. The third-order valence-electron chi connectivity index (χ3n) is 3.01. The van der Waals surface area contributed by atoms with Crippen LogP contribution in [0.5, 0.6) is 5.75 Å². The van der Waals surface area contributed by atoms with Crippen LogP contribution in [0.1, 0.15) is 26.4 Å². The van der Waals surface area contributed by atoms with Gasteiger partial charge in [-0.2, -0.15) is 0 Å². The zero-order valence-electron chi connectivity index (χ0n) is 12.7. The van der Waals surface area contributed by atoms with Crippen molar-refractivity contribution in [3.05, 3.63) is 53.3 Å². The number of ether oxygens (including phenoxy) is 2. The number of hydrogen-bond donors (Lipinski definition) is 2. The number of nitrogens with one attached hydrogen (secondary N) is 1. The molecule has 0 unspecified atom stereocenters. The number of aromatic nitrogens is 1. The van der Waals surface area contributed by atoms with Gasteiger partial charge in [0.25, 0.3) is 5.91 Å². The minimum Gasteiger partial charge on any atom is -0.497 e. The van der Waals surface area contributed by atoms with Crippen LogP contribution in [0.3, 0.4) is 0 Å². The maximum atomic E-state index is 12.2. The summed E-state index contributed by atoms with van der Waals surface area (Å²) in [6.07, 6.45) is 1.46. The summed E-state index contributed by atoms with van der Waals surface area (Å²) in [7, 11) is 3.00. The Hall–Kier alpha value is -2.93. The van der Waals surface area contributed by atoms with Gasteiger partial charge in [0.15, 0.2) is 0 Å². The van der Waals surface area contributed by atoms with E-state index in [9.17, 15) is 9.59 Å². The second kappa shape index (κ2) is 7.37. The molecule has 0 spiro atoms. The lowest BCUT2D eigenvalue weighted by molar-refractivity contribution is 0.0696. The maximum absolute atomic E-state index is 12.2. The normalized spacial score (nSPS) is 10.2. The van der Waals surface area contributed by atoms with Crippen LogP contribution in [0.4, 0.5) is 5.69 Å². The van der Waals surface area contributed by atoms with Gasteiger partial charge in [0.2, 0.25) is 0 Å². The molecule has 1 aromatic carbocycles. The lowest BCUT2D eigenvalue weighted by Gasteiger charge is -2.09. The molecule has 0 aliphatic carbocycles. The fraction of sp³-hybridized carbons (Fsp3) is 0.188. The molecule has 1 heterocycles. The van der Waals surface area contributed by atoms with Gasteiger partial charge in [-0.15, -0.1) is 0 Å². The van der Waals surface area contributed by atoms with E-state index in [1.54, 1.807) is 12.1 Å². The van der Waals surface area contributed by atoms with Crippen LogP contribution in [0.25, 0.3) is 0 Å². The van der Waals surface area contributed by atoms with Gasteiger partial charge in [-0.1, -0.05) is 0 Å². The number of carboxylic acids is 1. The van der Waals surface area contributed by atoms with Gasteiger partial charge < -0.3 is 19.9 Å². The van der Waals surface area contributed by atoms with Crippen LogP contribution in [-0.4, -0.2) is 36.2 Å². The largest absolute Gasteiger partial charge is 0.497 e. The lowest BCUT2D eigenvalue weighted by atomic mass is 10.1. The van der Waals surface area contributed by atoms with Gasteiger partial charge in [0.1, 0.15) is 11.4 Å². The summed E-state index contributed by atoms with van der Waals surface area (Å²) < 4.78 is 10.0. The predicted octanol–water partition coefficient (Wildman–Crippen LogP) is 2.19. The van der Waals surface area contributed by atoms with Crippen molar-refractivity contribution in [2.75, 3.05) is 19.5 Å². The Labute approximate surface area is 132 Å². The van der Waals surface area contributed by atoms with E-state index in [2.05, 4.69) is 10.3 Å². The second-order valence-corrected chi connectivity index (χ2v) is 4.69. The number of anilines is 1. The van der Waals surface area contributed by atoms with Crippen LogP contribution in [-0.2, 0) is 11.3 Å². The summed E-state index contributed by atoms with van der Waals surface area (Å²) in [5.74, 6) is -1.04. The Bertz CT molecular complexity index is 730. The number of carboxylic acid groups (broad SMARTS) is 1. The molecule has 0 radical (unpaired) electrons. The van der Waals surface area contributed by atoms with Crippen molar-refractivity contribution in [1.82, 2.24) is 4.98 Å². The molecule has 0 fully saturated rings.